The van der Waals surface area contributed by atoms with Gasteiger partial charge in [0, 0.05) is 31.1 Å². The maximum atomic E-state index is 14.0. The summed E-state index contributed by atoms with van der Waals surface area (Å²) in [6, 6.07) is 1.07. The van der Waals surface area contributed by atoms with Crippen molar-refractivity contribution in [3.05, 3.63) is 65.4 Å². The van der Waals surface area contributed by atoms with Crippen molar-refractivity contribution < 1.29 is 27.9 Å². The number of hydrazine groups is 1. The molecular weight excluding hydrogens is 533 g/mol. The number of aromatic nitrogens is 2. The highest BCUT2D eigenvalue weighted by Crippen LogP contribution is 2.33. The third kappa shape index (κ3) is 8.41. The predicted octanol–water partition coefficient (Wildman–Crippen LogP) is 3.01. The number of amides is 3. The Hall–Kier alpha value is -3.22. The van der Waals surface area contributed by atoms with Crippen LogP contribution in [0.15, 0.2) is 48.2 Å². The summed E-state index contributed by atoms with van der Waals surface area (Å²) in [4.78, 5) is 41.7. The first kappa shape index (κ1) is 31.8. The summed E-state index contributed by atoms with van der Waals surface area (Å²) in [5.41, 5.74) is 2.75. The van der Waals surface area contributed by atoms with Gasteiger partial charge < -0.3 is 19.9 Å². The van der Waals surface area contributed by atoms with Crippen molar-refractivity contribution in [2.75, 3.05) is 20.2 Å². The Bertz CT molecular complexity index is 1100. The van der Waals surface area contributed by atoms with Crippen LogP contribution in [0, 0.1) is 11.6 Å². The number of hydrogen-bond donors (Lipinski definition) is 3. The number of halogens is 4. The Morgan fingerprint density at radius 1 is 1.16 bits per heavy atom. The molecular formula is C23H30Cl2F2N6O4. The van der Waals surface area contributed by atoms with Crippen LogP contribution in [0.1, 0.15) is 37.8 Å². The molecule has 0 aliphatic carbocycles. The van der Waals surface area contributed by atoms with Crippen LogP contribution < -0.4 is 16.1 Å². The number of imidazole rings is 1. The molecule has 3 amide bonds. The van der Waals surface area contributed by atoms with Crippen LogP contribution in [-0.4, -0.2) is 52.7 Å². The largest absolute Gasteiger partial charge is 0.466 e. The van der Waals surface area contributed by atoms with Crippen LogP contribution in [0.25, 0.3) is 0 Å². The van der Waals surface area contributed by atoms with Crippen molar-refractivity contribution in [3.63, 3.8) is 0 Å². The van der Waals surface area contributed by atoms with E-state index in [9.17, 15) is 23.2 Å². The molecule has 0 saturated carbocycles. The number of urea groups is 1. The number of hydrogen-bond acceptors (Lipinski definition) is 6. The van der Waals surface area contributed by atoms with Crippen LogP contribution in [0.4, 0.5) is 13.6 Å². The lowest BCUT2D eigenvalue weighted by atomic mass is 9.94. The van der Waals surface area contributed by atoms with E-state index < -0.39 is 35.6 Å². The van der Waals surface area contributed by atoms with Gasteiger partial charge in [0.25, 0.3) is 0 Å². The van der Waals surface area contributed by atoms with E-state index in [1.54, 1.807) is 12.5 Å². The molecule has 3 N–H and O–H groups in total. The molecule has 14 heteroatoms. The van der Waals surface area contributed by atoms with Gasteiger partial charge in [-0.15, -0.1) is 24.8 Å². The third-order valence-electron chi connectivity index (χ3n) is 5.45. The molecule has 0 bridgehead atoms. The Morgan fingerprint density at radius 3 is 2.54 bits per heavy atom. The molecule has 0 spiro atoms. The minimum absolute atomic E-state index is 0. The van der Waals surface area contributed by atoms with Crippen molar-refractivity contribution in [2.24, 2.45) is 0 Å². The number of benzene rings is 1. The zero-order valence-electron chi connectivity index (χ0n) is 20.3. The number of nitrogens with one attached hydrogen (secondary N) is 3. The fourth-order valence-corrected chi connectivity index (χ4v) is 3.72. The zero-order valence-corrected chi connectivity index (χ0v) is 22.0. The SMILES string of the molecule is COC(=O)C1=C(C)NC(=O)N(NC(=O)CCCNCCCn2ccnc2)C1c1ccc(F)c(F)c1.Cl.Cl. The lowest BCUT2D eigenvalue weighted by Gasteiger charge is -2.37. The van der Waals surface area contributed by atoms with Gasteiger partial charge in [-0.2, -0.15) is 0 Å². The summed E-state index contributed by atoms with van der Waals surface area (Å²) in [5, 5.41) is 6.63. The maximum Gasteiger partial charge on any atom is 0.341 e. The fraction of sp³-hybridized carbons (Fsp3) is 0.391. The lowest BCUT2D eigenvalue weighted by molar-refractivity contribution is -0.138. The molecule has 2 heterocycles. The second-order valence-electron chi connectivity index (χ2n) is 7.95. The first-order chi connectivity index (χ1) is 16.8. The molecule has 1 atom stereocenters. The summed E-state index contributed by atoms with van der Waals surface area (Å²) >= 11 is 0. The number of methoxy groups -OCH3 is 1. The van der Waals surface area contributed by atoms with Gasteiger partial charge in [0.2, 0.25) is 5.91 Å². The summed E-state index contributed by atoms with van der Waals surface area (Å²) in [6.07, 6.45) is 6.85. The molecule has 1 unspecified atom stereocenters. The van der Waals surface area contributed by atoms with Crippen molar-refractivity contribution >= 4 is 42.7 Å². The van der Waals surface area contributed by atoms with Gasteiger partial charge in [-0.05, 0) is 50.6 Å². The van der Waals surface area contributed by atoms with E-state index in [2.05, 4.69) is 21.0 Å². The molecule has 1 aromatic heterocycles. The van der Waals surface area contributed by atoms with Gasteiger partial charge in [0.15, 0.2) is 11.6 Å². The quantitative estimate of drug-likeness (QED) is 0.286. The Balaban J connectivity index is 0.00000342. The highest BCUT2D eigenvalue weighted by Gasteiger charge is 2.39. The molecule has 2 aromatic rings. The summed E-state index contributed by atoms with van der Waals surface area (Å²) in [7, 11) is 1.16. The molecule has 0 fully saturated rings. The van der Waals surface area contributed by atoms with Gasteiger partial charge in [0.05, 0.1) is 19.0 Å². The predicted molar refractivity (Wildman–Crippen MR) is 136 cm³/mol. The second-order valence-corrected chi connectivity index (χ2v) is 7.95. The van der Waals surface area contributed by atoms with E-state index in [4.69, 9.17) is 4.74 Å². The molecule has 0 radical (unpaired) electrons. The maximum absolute atomic E-state index is 14.0. The van der Waals surface area contributed by atoms with E-state index in [0.717, 1.165) is 43.8 Å². The normalized spacial score (nSPS) is 14.9. The molecule has 1 aliphatic heterocycles. The van der Waals surface area contributed by atoms with Gasteiger partial charge in [0.1, 0.15) is 6.04 Å². The highest BCUT2D eigenvalue weighted by molar-refractivity contribution is 5.95. The van der Waals surface area contributed by atoms with E-state index in [1.165, 1.54) is 13.0 Å². The van der Waals surface area contributed by atoms with E-state index in [0.29, 0.717) is 13.0 Å². The lowest BCUT2D eigenvalue weighted by Crippen LogP contribution is -2.56. The second kappa shape index (κ2) is 15.1. The highest BCUT2D eigenvalue weighted by atomic mass is 35.5. The molecule has 0 saturated heterocycles. The first-order valence-corrected chi connectivity index (χ1v) is 11.1. The number of rotatable bonds is 11. The van der Waals surface area contributed by atoms with Crippen LogP contribution >= 0.6 is 24.8 Å². The van der Waals surface area contributed by atoms with Gasteiger partial charge in [-0.1, -0.05) is 6.07 Å². The zero-order chi connectivity index (χ0) is 25.4. The van der Waals surface area contributed by atoms with Crippen LogP contribution in [0.3, 0.4) is 0 Å². The van der Waals surface area contributed by atoms with E-state index >= 15 is 0 Å². The van der Waals surface area contributed by atoms with Crippen molar-refractivity contribution in [1.29, 1.82) is 0 Å². The smallest absolute Gasteiger partial charge is 0.341 e. The van der Waals surface area contributed by atoms with Crippen molar-refractivity contribution in [3.8, 4) is 0 Å². The topological polar surface area (TPSA) is 118 Å². The van der Waals surface area contributed by atoms with E-state index in [-0.39, 0.29) is 48.1 Å². The van der Waals surface area contributed by atoms with Crippen molar-refractivity contribution in [2.45, 2.75) is 38.8 Å². The Morgan fingerprint density at radius 2 is 1.89 bits per heavy atom. The molecule has 1 aliphatic rings. The minimum Gasteiger partial charge on any atom is -0.466 e. The van der Waals surface area contributed by atoms with Crippen LogP contribution in [0.5, 0.6) is 0 Å². The Labute approximate surface area is 225 Å². The van der Waals surface area contributed by atoms with Gasteiger partial charge in [-0.25, -0.2) is 28.4 Å². The number of nitrogens with zero attached hydrogens (tertiary/aromatic N) is 3. The van der Waals surface area contributed by atoms with Gasteiger partial charge >= 0.3 is 12.0 Å². The van der Waals surface area contributed by atoms with E-state index in [1.807, 2.05) is 10.8 Å². The van der Waals surface area contributed by atoms with Crippen LogP contribution in [0.2, 0.25) is 0 Å². The third-order valence-corrected chi connectivity index (χ3v) is 5.45. The number of aryl methyl sites for hydroxylation is 1. The molecule has 10 nitrogen and oxygen atoms in total. The van der Waals surface area contributed by atoms with Crippen molar-refractivity contribution in [1.82, 2.24) is 30.6 Å². The summed E-state index contributed by atoms with van der Waals surface area (Å²) in [5.74, 6) is -3.49. The first-order valence-electron chi connectivity index (χ1n) is 11.1. The summed E-state index contributed by atoms with van der Waals surface area (Å²) in [6.45, 7) is 3.66. The average molecular weight is 563 g/mol. The molecule has 204 valence electrons. The fourth-order valence-electron chi connectivity index (χ4n) is 3.72. The summed E-state index contributed by atoms with van der Waals surface area (Å²) < 4.78 is 34.3. The average Bonchev–Trinajstić information content (AvgIpc) is 3.35. The monoisotopic (exact) mass is 562 g/mol. The molecule has 1 aromatic carbocycles. The minimum atomic E-state index is -1.21. The number of carbonyl (C=O) groups excluding carboxylic acids is 3. The number of allylic oxidation sites excluding steroid dienone is 1. The Kier molecular flexibility index (Phi) is 13.0. The molecule has 37 heavy (non-hydrogen) atoms. The molecule has 3 rings (SSSR count). The number of carbonyl (C=O) groups is 3. The standard InChI is InChI=1S/C23H28F2N6O4.2ClH/c1-15-20(22(33)35-2)21(16-6-7-17(24)18(25)13-16)31(23(34)28-15)29-19(32)5-3-8-26-9-4-11-30-12-10-27-14-30;;/h6-7,10,12-14,21,26H,3-5,8-9,11H2,1-2H3,(H,28,34)(H,29,32);2*1H. The van der Waals surface area contributed by atoms with Crippen LogP contribution in [-0.2, 0) is 20.9 Å². The van der Waals surface area contributed by atoms with Gasteiger partial charge in [-0.3, -0.25) is 10.2 Å². The number of esters is 1. The number of ether oxygens (including phenoxy) is 1.